The monoisotopic (exact) mass is 339 g/mol. The van der Waals surface area contributed by atoms with Gasteiger partial charge in [-0.05, 0) is 68.5 Å². The molecule has 0 radical (unpaired) electrons. The summed E-state index contributed by atoms with van der Waals surface area (Å²) in [6.45, 7) is 9.72. The zero-order valence-electron chi connectivity index (χ0n) is 13.2. The lowest BCUT2D eigenvalue weighted by atomic mass is 10.1. The fourth-order valence-corrected chi connectivity index (χ4v) is 2.75. The second kappa shape index (κ2) is 6.02. The topological polar surface area (TPSA) is 28.2 Å². The Balaban J connectivity index is 2.18. The summed E-state index contributed by atoms with van der Waals surface area (Å²) in [6, 6.07) is 2.74. The predicted octanol–water partition coefficient (Wildman–Crippen LogP) is 3.97. The molecule has 1 aliphatic rings. The molecule has 0 aliphatic heterocycles. The summed E-state index contributed by atoms with van der Waals surface area (Å²) in [5, 5.41) is 3.56. The first-order valence-corrected chi connectivity index (χ1v) is 8.19. The first-order chi connectivity index (χ1) is 9.28. The number of nitrogens with zero attached hydrogens (tertiary/aromatic N) is 2. The van der Waals surface area contributed by atoms with E-state index in [1.807, 2.05) is 6.20 Å². The number of rotatable bonds is 5. The van der Waals surface area contributed by atoms with Crippen molar-refractivity contribution in [3.05, 3.63) is 22.3 Å². The van der Waals surface area contributed by atoms with Crippen LogP contribution < -0.4 is 10.2 Å². The molecule has 1 N–H and O–H groups in total. The quantitative estimate of drug-likeness (QED) is 0.879. The Morgan fingerprint density at radius 2 is 2.10 bits per heavy atom. The third kappa shape index (κ3) is 4.19. The van der Waals surface area contributed by atoms with Gasteiger partial charge in [0.2, 0.25) is 0 Å². The van der Waals surface area contributed by atoms with Gasteiger partial charge < -0.3 is 10.2 Å². The van der Waals surface area contributed by atoms with Gasteiger partial charge in [-0.1, -0.05) is 0 Å². The minimum atomic E-state index is 0.111. The Kier molecular flexibility index (Phi) is 4.75. The average Bonchev–Trinajstić information content (AvgIpc) is 3.18. The van der Waals surface area contributed by atoms with E-state index in [2.05, 4.69) is 71.9 Å². The zero-order chi connectivity index (χ0) is 14.9. The van der Waals surface area contributed by atoms with Crippen LogP contribution in [0, 0.1) is 5.92 Å². The lowest BCUT2D eigenvalue weighted by Crippen LogP contribution is -2.37. The third-order valence-electron chi connectivity index (χ3n) is 3.97. The second-order valence-corrected chi connectivity index (χ2v) is 7.84. The Labute approximate surface area is 131 Å². The van der Waals surface area contributed by atoms with Gasteiger partial charge in [0.1, 0.15) is 5.82 Å². The van der Waals surface area contributed by atoms with Crippen LogP contribution in [0.15, 0.2) is 16.7 Å². The highest BCUT2D eigenvalue weighted by Gasteiger charge is 2.31. The van der Waals surface area contributed by atoms with Crippen molar-refractivity contribution in [2.24, 2.45) is 5.92 Å². The van der Waals surface area contributed by atoms with Gasteiger partial charge in [-0.15, -0.1) is 0 Å². The lowest BCUT2D eigenvalue weighted by Gasteiger charge is -2.29. The molecule has 1 atom stereocenters. The highest BCUT2D eigenvalue weighted by Crippen LogP contribution is 2.36. The van der Waals surface area contributed by atoms with Gasteiger partial charge in [0, 0.05) is 41.4 Å². The van der Waals surface area contributed by atoms with Crippen molar-refractivity contribution in [3.8, 4) is 0 Å². The fourth-order valence-electron chi connectivity index (χ4n) is 2.37. The first kappa shape index (κ1) is 15.8. The minimum Gasteiger partial charge on any atom is -0.356 e. The van der Waals surface area contributed by atoms with E-state index >= 15 is 0 Å². The first-order valence-electron chi connectivity index (χ1n) is 7.40. The van der Waals surface area contributed by atoms with Gasteiger partial charge in [-0.25, -0.2) is 4.98 Å². The summed E-state index contributed by atoms with van der Waals surface area (Å²) in [6.07, 6.45) is 4.61. The highest BCUT2D eigenvalue weighted by molar-refractivity contribution is 9.10. The van der Waals surface area contributed by atoms with E-state index in [-0.39, 0.29) is 5.54 Å². The molecular formula is C16H26BrN3. The van der Waals surface area contributed by atoms with Gasteiger partial charge in [0.15, 0.2) is 0 Å². The summed E-state index contributed by atoms with van der Waals surface area (Å²) >= 11 is 3.54. The Bertz CT molecular complexity index is 463. The second-order valence-electron chi connectivity index (χ2n) is 6.93. The summed E-state index contributed by atoms with van der Waals surface area (Å²) in [4.78, 5) is 6.99. The average molecular weight is 340 g/mol. The largest absolute Gasteiger partial charge is 0.356 e. The van der Waals surface area contributed by atoms with Crippen LogP contribution >= 0.6 is 15.9 Å². The van der Waals surface area contributed by atoms with Crippen molar-refractivity contribution in [2.75, 3.05) is 11.9 Å². The Hall–Kier alpha value is -0.610. The van der Waals surface area contributed by atoms with E-state index in [0.717, 1.165) is 22.8 Å². The molecule has 0 saturated heterocycles. The van der Waals surface area contributed by atoms with E-state index in [1.165, 1.54) is 18.4 Å². The lowest BCUT2D eigenvalue weighted by molar-refractivity contribution is 0.423. The molecule has 3 nitrogen and oxygen atoms in total. The Morgan fingerprint density at radius 1 is 1.45 bits per heavy atom. The number of aromatic nitrogens is 1. The summed E-state index contributed by atoms with van der Waals surface area (Å²) in [5.41, 5.74) is 1.37. The number of anilines is 1. The molecule has 0 bridgehead atoms. The smallest absolute Gasteiger partial charge is 0.133 e. The SMILES string of the molecule is CC(C1CC1)N(C)c1ncc(Br)cc1CNC(C)(C)C. The molecular weight excluding hydrogens is 314 g/mol. The molecule has 2 rings (SSSR count). The molecule has 1 heterocycles. The van der Waals surface area contributed by atoms with Gasteiger partial charge in [0.05, 0.1) is 0 Å². The molecule has 0 aromatic carbocycles. The van der Waals surface area contributed by atoms with E-state index in [4.69, 9.17) is 0 Å². The van der Waals surface area contributed by atoms with Crippen LogP contribution in [0.25, 0.3) is 0 Å². The van der Waals surface area contributed by atoms with Gasteiger partial charge in [0.25, 0.3) is 0 Å². The summed E-state index contributed by atoms with van der Waals surface area (Å²) < 4.78 is 1.04. The van der Waals surface area contributed by atoms with Crippen LogP contribution in [0.5, 0.6) is 0 Å². The number of hydrogen-bond donors (Lipinski definition) is 1. The third-order valence-corrected chi connectivity index (χ3v) is 4.40. The molecule has 1 unspecified atom stereocenters. The van der Waals surface area contributed by atoms with Crippen molar-refractivity contribution in [1.29, 1.82) is 0 Å². The number of pyridine rings is 1. The van der Waals surface area contributed by atoms with E-state index in [0.29, 0.717) is 6.04 Å². The van der Waals surface area contributed by atoms with E-state index in [1.54, 1.807) is 0 Å². The molecule has 0 amide bonds. The fraction of sp³-hybridized carbons (Fsp3) is 0.688. The Morgan fingerprint density at radius 3 is 2.65 bits per heavy atom. The molecule has 112 valence electrons. The summed E-state index contributed by atoms with van der Waals surface area (Å²) in [7, 11) is 2.17. The van der Waals surface area contributed by atoms with Crippen LogP contribution in [0.2, 0.25) is 0 Å². The van der Waals surface area contributed by atoms with E-state index in [9.17, 15) is 0 Å². The van der Waals surface area contributed by atoms with E-state index < -0.39 is 0 Å². The van der Waals surface area contributed by atoms with Crippen molar-refractivity contribution in [3.63, 3.8) is 0 Å². The summed E-state index contributed by atoms with van der Waals surface area (Å²) in [5.74, 6) is 1.94. The van der Waals surface area contributed by atoms with Crippen LogP contribution in [0.4, 0.5) is 5.82 Å². The number of nitrogens with one attached hydrogen (secondary N) is 1. The normalized spacial score (nSPS) is 17.1. The maximum Gasteiger partial charge on any atom is 0.133 e. The van der Waals surface area contributed by atoms with Crippen molar-refractivity contribution < 1.29 is 0 Å². The molecule has 1 fully saturated rings. The van der Waals surface area contributed by atoms with Crippen LogP contribution in [-0.4, -0.2) is 23.6 Å². The maximum atomic E-state index is 4.65. The van der Waals surface area contributed by atoms with Crippen LogP contribution in [-0.2, 0) is 6.54 Å². The number of halogens is 1. The molecule has 20 heavy (non-hydrogen) atoms. The van der Waals surface area contributed by atoms with Crippen molar-refractivity contribution in [2.45, 2.75) is 58.7 Å². The van der Waals surface area contributed by atoms with Gasteiger partial charge in [-0.2, -0.15) is 0 Å². The molecule has 1 aromatic heterocycles. The molecule has 1 saturated carbocycles. The van der Waals surface area contributed by atoms with Crippen LogP contribution in [0.3, 0.4) is 0 Å². The molecule has 4 heteroatoms. The van der Waals surface area contributed by atoms with Crippen LogP contribution in [0.1, 0.15) is 46.1 Å². The molecule has 0 spiro atoms. The predicted molar refractivity (Wildman–Crippen MR) is 89.1 cm³/mol. The maximum absolute atomic E-state index is 4.65. The molecule has 1 aliphatic carbocycles. The van der Waals surface area contributed by atoms with Crippen molar-refractivity contribution in [1.82, 2.24) is 10.3 Å². The number of hydrogen-bond acceptors (Lipinski definition) is 3. The van der Waals surface area contributed by atoms with Gasteiger partial charge >= 0.3 is 0 Å². The van der Waals surface area contributed by atoms with Gasteiger partial charge in [-0.3, -0.25) is 0 Å². The highest BCUT2D eigenvalue weighted by atomic mass is 79.9. The van der Waals surface area contributed by atoms with Crippen molar-refractivity contribution >= 4 is 21.7 Å². The standard InChI is InChI=1S/C16H26BrN3/c1-11(12-6-7-12)20(5)15-13(8-14(17)10-18-15)9-19-16(2,3)4/h8,10-12,19H,6-7,9H2,1-5H3. The molecule has 1 aromatic rings. The minimum absolute atomic E-state index is 0.111. The zero-order valence-corrected chi connectivity index (χ0v) is 14.8.